The molecule has 3 aromatic rings. The van der Waals surface area contributed by atoms with Gasteiger partial charge >= 0.3 is 0 Å². The summed E-state index contributed by atoms with van der Waals surface area (Å²) in [6.45, 7) is 4.38. The van der Waals surface area contributed by atoms with Crippen LogP contribution in [0.2, 0.25) is 0 Å². The lowest BCUT2D eigenvalue weighted by Crippen LogP contribution is -2.09. The number of rotatable bonds is 10. The van der Waals surface area contributed by atoms with Crippen LogP contribution in [0, 0.1) is 0 Å². The van der Waals surface area contributed by atoms with Gasteiger partial charge in [0.25, 0.3) is 0 Å². The minimum atomic E-state index is 0.0574. The molecule has 0 fully saturated rings. The first kappa shape index (κ1) is 20.0. The highest BCUT2D eigenvalue weighted by molar-refractivity contribution is 5.34. The maximum absolute atomic E-state index is 6.35. The quantitative estimate of drug-likeness (QED) is 0.365. The number of benzene rings is 3. The first-order chi connectivity index (χ1) is 13.8. The van der Waals surface area contributed by atoms with Crippen LogP contribution in [0.3, 0.4) is 0 Å². The maximum atomic E-state index is 6.35. The van der Waals surface area contributed by atoms with Crippen LogP contribution in [-0.4, -0.2) is 0 Å². The van der Waals surface area contributed by atoms with Gasteiger partial charge in [-0.1, -0.05) is 93.4 Å². The summed E-state index contributed by atoms with van der Waals surface area (Å²) in [5.41, 5.74) is 2.42. The molecule has 3 rings (SSSR count). The fraction of sp³-hybridized carbons (Fsp3) is 0.308. The van der Waals surface area contributed by atoms with Gasteiger partial charge in [0.2, 0.25) is 0 Å². The highest BCUT2D eigenvalue weighted by Crippen LogP contribution is 2.31. The summed E-state index contributed by atoms with van der Waals surface area (Å²) < 4.78 is 12.7. The van der Waals surface area contributed by atoms with Crippen LogP contribution < -0.4 is 9.47 Å². The second-order valence-corrected chi connectivity index (χ2v) is 7.09. The molecule has 0 saturated carbocycles. The van der Waals surface area contributed by atoms with E-state index in [9.17, 15) is 0 Å². The van der Waals surface area contributed by atoms with E-state index in [1.54, 1.807) is 0 Å². The topological polar surface area (TPSA) is 18.5 Å². The summed E-state index contributed by atoms with van der Waals surface area (Å²) in [5, 5.41) is 0. The van der Waals surface area contributed by atoms with Crippen molar-refractivity contribution < 1.29 is 9.47 Å². The van der Waals surface area contributed by atoms with Crippen molar-refractivity contribution in [3.05, 3.63) is 96.1 Å². The molecule has 0 N–H and O–H groups in total. The summed E-state index contributed by atoms with van der Waals surface area (Å²) >= 11 is 0. The Kier molecular flexibility index (Phi) is 7.54. The van der Waals surface area contributed by atoms with E-state index in [0.717, 1.165) is 37.2 Å². The molecule has 0 radical (unpaired) electrons. The van der Waals surface area contributed by atoms with E-state index < -0.39 is 0 Å². The molecule has 2 nitrogen and oxygen atoms in total. The van der Waals surface area contributed by atoms with Gasteiger partial charge in [-0.15, -0.1) is 0 Å². The zero-order chi connectivity index (χ0) is 19.6. The molecular weight excluding hydrogens is 344 g/mol. The minimum Gasteiger partial charge on any atom is -0.486 e. The Morgan fingerprint density at radius 1 is 0.571 bits per heavy atom. The van der Waals surface area contributed by atoms with Crippen LogP contribution in [0.5, 0.6) is 11.5 Å². The number of hydrogen-bond donors (Lipinski definition) is 0. The second kappa shape index (κ2) is 10.6. The van der Waals surface area contributed by atoms with Gasteiger partial charge in [0.15, 0.2) is 0 Å². The van der Waals surface area contributed by atoms with Crippen molar-refractivity contribution in [1.29, 1.82) is 0 Å². The van der Waals surface area contributed by atoms with Crippen LogP contribution in [-0.2, 0) is 0 Å². The number of hydrogen-bond acceptors (Lipinski definition) is 2. The lowest BCUT2D eigenvalue weighted by Gasteiger charge is -2.22. The summed E-state index contributed by atoms with van der Waals surface area (Å²) in [5.74, 6) is 1.70. The van der Waals surface area contributed by atoms with Crippen molar-refractivity contribution in [3.63, 3.8) is 0 Å². The van der Waals surface area contributed by atoms with E-state index in [1.807, 2.05) is 36.4 Å². The molecule has 0 unspecified atom stereocenters. The summed E-state index contributed by atoms with van der Waals surface area (Å²) in [4.78, 5) is 0. The van der Waals surface area contributed by atoms with Gasteiger partial charge in [0.1, 0.15) is 23.7 Å². The Morgan fingerprint density at radius 3 is 1.39 bits per heavy atom. The molecule has 2 atom stereocenters. The molecule has 0 spiro atoms. The Labute approximate surface area is 169 Å². The smallest absolute Gasteiger partial charge is 0.124 e. The summed E-state index contributed by atoms with van der Waals surface area (Å²) in [7, 11) is 0. The standard InChI is InChI=1S/C26H30O2/c1-3-12-25(21-14-7-5-8-15-21)27-23-18-11-19-24(20-23)28-26(13-4-2)22-16-9-6-10-17-22/h5-11,14-20,25-26H,3-4,12-13H2,1-2H3/t25-,26-/m1/s1. The van der Waals surface area contributed by atoms with Crippen LogP contribution in [0.1, 0.15) is 62.9 Å². The molecule has 0 amide bonds. The van der Waals surface area contributed by atoms with Gasteiger partial charge in [-0.3, -0.25) is 0 Å². The summed E-state index contributed by atoms with van der Waals surface area (Å²) in [6.07, 6.45) is 4.23. The molecule has 0 aromatic heterocycles. The molecule has 0 heterocycles. The lowest BCUT2D eigenvalue weighted by molar-refractivity contribution is 0.182. The molecule has 0 saturated heterocycles. The van der Waals surface area contributed by atoms with Gasteiger partial charge in [-0.25, -0.2) is 0 Å². The van der Waals surface area contributed by atoms with Gasteiger partial charge in [-0.05, 0) is 36.1 Å². The van der Waals surface area contributed by atoms with Gasteiger partial charge < -0.3 is 9.47 Å². The maximum Gasteiger partial charge on any atom is 0.124 e. The zero-order valence-electron chi connectivity index (χ0n) is 16.9. The first-order valence-corrected chi connectivity index (χ1v) is 10.3. The predicted molar refractivity (Wildman–Crippen MR) is 116 cm³/mol. The van der Waals surface area contributed by atoms with Crippen LogP contribution in [0.15, 0.2) is 84.9 Å². The Bertz CT molecular complexity index is 747. The molecule has 28 heavy (non-hydrogen) atoms. The van der Waals surface area contributed by atoms with E-state index in [-0.39, 0.29) is 12.2 Å². The molecule has 0 aliphatic rings. The molecule has 0 bridgehead atoms. The van der Waals surface area contributed by atoms with E-state index in [1.165, 1.54) is 11.1 Å². The van der Waals surface area contributed by atoms with Gasteiger partial charge in [0.05, 0.1) is 0 Å². The average Bonchev–Trinajstić information content (AvgIpc) is 2.75. The number of ether oxygens (including phenoxy) is 2. The van der Waals surface area contributed by atoms with Crippen molar-refractivity contribution in [2.45, 2.75) is 51.7 Å². The van der Waals surface area contributed by atoms with Crippen molar-refractivity contribution in [2.75, 3.05) is 0 Å². The molecule has 146 valence electrons. The monoisotopic (exact) mass is 374 g/mol. The lowest BCUT2D eigenvalue weighted by atomic mass is 10.0. The molecule has 3 aromatic carbocycles. The van der Waals surface area contributed by atoms with Crippen molar-refractivity contribution in [2.24, 2.45) is 0 Å². The summed E-state index contributed by atoms with van der Waals surface area (Å²) in [6, 6.07) is 28.9. The van der Waals surface area contributed by atoms with Crippen LogP contribution in [0.25, 0.3) is 0 Å². The SMILES string of the molecule is CCC[C@@H](Oc1cccc(O[C@H](CCC)c2ccccc2)c1)c1ccccc1. The fourth-order valence-electron chi connectivity index (χ4n) is 3.40. The Balaban J connectivity index is 1.75. The third-order valence-corrected chi connectivity index (χ3v) is 4.81. The average molecular weight is 375 g/mol. The van der Waals surface area contributed by atoms with E-state index in [4.69, 9.17) is 9.47 Å². The Morgan fingerprint density at radius 2 is 1.00 bits per heavy atom. The largest absolute Gasteiger partial charge is 0.486 e. The van der Waals surface area contributed by atoms with E-state index >= 15 is 0 Å². The third kappa shape index (κ3) is 5.63. The molecule has 2 heteroatoms. The highest BCUT2D eigenvalue weighted by atomic mass is 16.5. The normalized spacial score (nSPS) is 12.9. The van der Waals surface area contributed by atoms with Gasteiger partial charge in [-0.2, -0.15) is 0 Å². The fourth-order valence-corrected chi connectivity index (χ4v) is 3.40. The minimum absolute atomic E-state index is 0.0574. The zero-order valence-corrected chi connectivity index (χ0v) is 16.9. The van der Waals surface area contributed by atoms with E-state index in [0.29, 0.717) is 0 Å². The van der Waals surface area contributed by atoms with Crippen molar-refractivity contribution in [1.82, 2.24) is 0 Å². The van der Waals surface area contributed by atoms with Crippen molar-refractivity contribution in [3.8, 4) is 11.5 Å². The van der Waals surface area contributed by atoms with Crippen LogP contribution in [0.4, 0.5) is 0 Å². The Hall–Kier alpha value is -2.74. The molecule has 0 aliphatic heterocycles. The van der Waals surface area contributed by atoms with Gasteiger partial charge in [0, 0.05) is 6.07 Å². The third-order valence-electron chi connectivity index (χ3n) is 4.81. The second-order valence-electron chi connectivity index (χ2n) is 7.09. The van der Waals surface area contributed by atoms with Crippen LogP contribution >= 0.6 is 0 Å². The molecular formula is C26H30O2. The van der Waals surface area contributed by atoms with Crippen molar-refractivity contribution >= 4 is 0 Å². The molecule has 0 aliphatic carbocycles. The highest BCUT2D eigenvalue weighted by Gasteiger charge is 2.15. The predicted octanol–water partition coefficient (Wildman–Crippen LogP) is 7.53. The first-order valence-electron chi connectivity index (χ1n) is 10.3. The van der Waals surface area contributed by atoms with E-state index in [2.05, 4.69) is 62.4 Å².